The Balaban J connectivity index is 1.71. The van der Waals surface area contributed by atoms with E-state index < -0.39 is 0 Å². The number of nitrogens with zero attached hydrogens (tertiary/aromatic N) is 2. The lowest BCUT2D eigenvalue weighted by Crippen LogP contribution is -2.26. The predicted octanol–water partition coefficient (Wildman–Crippen LogP) is 4.81. The van der Waals surface area contributed by atoms with Gasteiger partial charge < -0.3 is 4.74 Å². The second kappa shape index (κ2) is 6.82. The zero-order chi connectivity index (χ0) is 17.2. The smallest absolute Gasteiger partial charge is 0.274 e. The van der Waals surface area contributed by atoms with E-state index in [0.29, 0.717) is 11.3 Å². The molecule has 6 heteroatoms. The molecule has 0 unspecified atom stereocenters. The molecule has 0 aliphatic carbocycles. The SMILES string of the molecule is COc1cccc(C(=O)N2N=C(c3cccs3)C[C@H]2c2cccs2)c1. The minimum atomic E-state index is -0.108. The van der Waals surface area contributed by atoms with Crippen molar-refractivity contribution in [1.82, 2.24) is 5.01 Å². The minimum Gasteiger partial charge on any atom is -0.497 e. The summed E-state index contributed by atoms with van der Waals surface area (Å²) >= 11 is 3.30. The summed E-state index contributed by atoms with van der Waals surface area (Å²) in [5.74, 6) is 0.559. The molecule has 1 aliphatic heterocycles. The molecule has 1 atom stereocenters. The maximum atomic E-state index is 13.1. The van der Waals surface area contributed by atoms with Crippen molar-refractivity contribution in [2.24, 2.45) is 5.10 Å². The molecule has 1 aromatic carbocycles. The standard InChI is InChI=1S/C19H16N2O2S2/c1-23-14-6-2-5-13(11-14)19(22)21-16(18-8-4-10-25-18)12-15(20-21)17-7-3-9-24-17/h2-11,16H,12H2,1H3/t16-/m0/s1. The highest BCUT2D eigenvalue weighted by atomic mass is 32.1. The van der Waals surface area contributed by atoms with E-state index in [1.165, 1.54) is 0 Å². The lowest BCUT2D eigenvalue weighted by Gasteiger charge is -2.20. The van der Waals surface area contributed by atoms with Gasteiger partial charge in [-0.1, -0.05) is 18.2 Å². The lowest BCUT2D eigenvalue weighted by atomic mass is 10.1. The first-order chi connectivity index (χ1) is 12.3. The van der Waals surface area contributed by atoms with Gasteiger partial charge >= 0.3 is 0 Å². The highest BCUT2D eigenvalue weighted by molar-refractivity contribution is 7.12. The first-order valence-electron chi connectivity index (χ1n) is 7.88. The van der Waals surface area contributed by atoms with E-state index in [-0.39, 0.29) is 11.9 Å². The van der Waals surface area contributed by atoms with Crippen molar-refractivity contribution in [3.8, 4) is 5.75 Å². The number of methoxy groups -OCH3 is 1. The molecular weight excluding hydrogens is 352 g/mol. The van der Waals surface area contributed by atoms with Crippen molar-refractivity contribution in [2.45, 2.75) is 12.5 Å². The Kier molecular flexibility index (Phi) is 4.38. The first kappa shape index (κ1) is 16.1. The fourth-order valence-corrected chi connectivity index (χ4v) is 4.41. The summed E-state index contributed by atoms with van der Waals surface area (Å²) in [4.78, 5) is 15.4. The van der Waals surface area contributed by atoms with Crippen LogP contribution in [0.4, 0.5) is 0 Å². The van der Waals surface area contributed by atoms with Gasteiger partial charge in [0.05, 0.1) is 23.7 Å². The van der Waals surface area contributed by atoms with E-state index in [9.17, 15) is 4.79 Å². The summed E-state index contributed by atoms with van der Waals surface area (Å²) in [6.45, 7) is 0. The predicted molar refractivity (Wildman–Crippen MR) is 102 cm³/mol. The molecule has 3 aromatic rings. The van der Waals surface area contributed by atoms with Gasteiger partial charge in [-0.2, -0.15) is 5.10 Å². The molecule has 25 heavy (non-hydrogen) atoms. The Morgan fingerprint density at radius 3 is 2.72 bits per heavy atom. The van der Waals surface area contributed by atoms with Gasteiger partial charge in [0.25, 0.3) is 5.91 Å². The van der Waals surface area contributed by atoms with E-state index in [1.54, 1.807) is 46.9 Å². The Hall–Kier alpha value is -2.44. The molecule has 3 heterocycles. The third-order valence-electron chi connectivity index (χ3n) is 4.11. The number of thiophene rings is 2. The molecule has 4 nitrogen and oxygen atoms in total. The molecule has 0 N–H and O–H groups in total. The normalized spacial score (nSPS) is 16.8. The van der Waals surface area contributed by atoms with Crippen molar-refractivity contribution in [2.75, 3.05) is 7.11 Å². The van der Waals surface area contributed by atoms with Crippen LogP contribution in [0.3, 0.4) is 0 Å². The number of carbonyl (C=O) groups excluding carboxylic acids is 1. The molecule has 0 fully saturated rings. The molecule has 126 valence electrons. The molecule has 1 aliphatic rings. The summed E-state index contributed by atoms with van der Waals surface area (Å²) in [5.41, 5.74) is 1.54. The molecule has 1 amide bonds. The maximum Gasteiger partial charge on any atom is 0.274 e. The monoisotopic (exact) mass is 368 g/mol. The molecule has 0 saturated heterocycles. The summed E-state index contributed by atoms with van der Waals surface area (Å²) < 4.78 is 5.24. The molecule has 2 aromatic heterocycles. The third kappa shape index (κ3) is 3.10. The number of amides is 1. The van der Waals surface area contributed by atoms with Crippen LogP contribution in [0, 0.1) is 0 Å². The largest absolute Gasteiger partial charge is 0.497 e. The van der Waals surface area contributed by atoms with Gasteiger partial charge in [0, 0.05) is 16.9 Å². The maximum absolute atomic E-state index is 13.1. The van der Waals surface area contributed by atoms with Crippen molar-refractivity contribution in [1.29, 1.82) is 0 Å². The van der Waals surface area contributed by atoms with E-state index in [0.717, 1.165) is 21.9 Å². The lowest BCUT2D eigenvalue weighted by molar-refractivity contribution is 0.0713. The molecule has 0 saturated carbocycles. The average molecular weight is 368 g/mol. The fraction of sp³-hybridized carbons (Fsp3) is 0.158. The van der Waals surface area contributed by atoms with E-state index in [4.69, 9.17) is 4.74 Å². The second-order valence-corrected chi connectivity index (χ2v) is 7.57. The van der Waals surface area contributed by atoms with Crippen molar-refractivity contribution in [3.63, 3.8) is 0 Å². The number of hydrogen-bond acceptors (Lipinski definition) is 5. The van der Waals surface area contributed by atoms with Crippen LogP contribution in [0.1, 0.15) is 32.6 Å². The van der Waals surface area contributed by atoms with Gasteiger partial charge in [0.2, 0.25) is 0 Å². The van der Waals surface area contributed by atoms with E-state index in [2.05, 4.69) is 17.2 Å². The Labute approximate surface area is 154 Å². The molecule has 4 rings (SSSR count). The van der Waals surface area contributed by atoms with Gasteiger partial charge in [-0.05, 0) is 41.1 Å². The van der Waals surface area contributed by atoms with Crippen molar-refractivity contribution in [3.05, 3.63) is 74.6 Å². The van der Waals surface area contributed by atoms with E-state index >= 15 is 0 Å². The van der Waals surface area contributed by atoms with Crippen LogP contribution in [0.15, 0.2) is 64.4 Å². The van der Waals surface area contributed by atoms with Crippen LogP contribution >= 0.6 is 22.7 Å². The highest BCUT2D eigenvalue weighted by Crippen LogP contribution is 2.37. The van der Waals surface area contributed by atoms with Crippen LogP contribution in [-0.4, -0.2) is 23.7 Å². The zero-order valence-electron chi connectivity index (χ0n) is 13.6. The number of rotatable bonds is 4. The molecule has 0 bridgehead atoms. The minimum absolute atomic E-state index is 0.0594. The second-order valence-electron chi connectivity index (χ2n) is 5.64. The van der Waals surface area contributed by atoms with Crippen LogP contribution in [0.2, 0.25) is 0 Å². The summed E-state index contributed by atoms with van der Waals surface area (Å²) in [7, 11) is 1.60. The molecular formula is C19H16N2O2S2. The van der Waals surface area contributed by atoms with Crippen LogP contribution < -0.4 is 4.74 Å². The topological polar surface area (TPSA) is 41.9 Å². The Bertz CT molecular complexity index is 901. The highest BCUT2D eigenvalue weighted by Gasteiger charge is 2.34. The van der Waals surface area contributed by atoms with Crippen LogP contribution in [-0.2, 0) is 0 Å². The van der Waals surface area contributed by atoms with Gasteiger partial charge in [0.15, 0.2) is 0 Å². The summed E-state index contributed by atoms with van der Waals surface area (Å²) in [5, 5.41) is 10.4. The number of hydrogen-bond donors (Lipinski definition) is 0. The first-order valence-corrected chi connectivity index (χ1v) is 9.64. The molecule has 0 radical (unpaired) electrons. The zero-order valence-corrected chi connectivity index (χ0v) is 15.2. The number of hydrazone groups is 1. The Morgan fingerprint density at radius 1 is 1.16 bits per heavy atom. The van der Waals surface area contributed by atoms with E-state index in [1.807, 2.05) is 35.0 Å². The number of ether oxygens (including phenoxy) is 1. The third-order valence-corrected chi connectivity index (χ3v) is 6.00. The number of carbonyl (C=O) groups is 1. The summed E-state index contributed by atoms with van der Waals surface area (Å²) in [6, 6.07) is 15.3. The average Bonchev–Trinajstić information content (AvgIpc) is 3.41. The van der Waals surface area contributed by atoms with Gasteiger partial charge in [0.1, 0.15) is 5.75 Å². The van der Waals surface area contributed by atoms with Crippen molar-refractivity contribution >= 4 is 34.3 Å². The summed E-state index contributed by atoms with van der Waals surface area (Å²) in [6.07, 6.45) is 0.733. The quantitative estimate of drug-likeness (QED) is 0.663. The van der Waals surface area contributed by atoms with Gasteiger partial charge in [-0.25, -0.2) is 5.01 Å². The van der Waals surface area contributed by atoms with Gasteiger partial charge in [-0.15, -0.1) is 22.7 Å². The van der Waals surface area contributed by atoms with Gasteiger partial charge in [-0.3, -0.25) is 4.79 Å². The Morgan fingerprint density at radius 2 is 2.00 bits per heavy atom. The van der Waals surface area contributed by atoms with Crippen LogP contribution in [0.5, 0.6) is 5.75 Å². The molecule has 0 spiro atoms. The fourth-order valence-electron chi connectivity index (χ4n) is 2.88. The van der Waals surface area contributed by atoms with Crippen molar-refractivity contribution < 1.29 is 9.53 Å². The van der Waals surface area contributed by atoms with Crippen LogP contribution in [0.25, 0.3) is 0 Å². The number of benzene rings is 1.